The molecule has 1 heterocycles. The molecule has 0 saturated carbocycles. The fourth-order valence-corrected chi connectivity index (χ4v) is 11.7. The predicted molar refractivity (Wildman–Crippen MR) is 373 cm³/mol. The summed E-state index contributed by atoms with van der Waals surface area (Å²) in [6.07, 6.45) is 0. The van der Waals surface area contributed by atoms with Gasteiger partial charge in [-0.25, -0.2) is 15.0 Å². The number of benzene rings is 9. The second-order valence-electron chi connectivity index (χ2n) is 27.6. The highest BCUT2D eigenvalue weighted by molar-refractivity contribution is 5.82. The lowest BCUT2D eigenvalue weighted by atomic mass is 9.77. The van der Waals surface area contributed by atoms with Crippen LogP contribution in [0, 0.1) is 0 Å². The van der Waals surface area contributed by atoms with Gasteiger partial charge in [0.25, 0.3) is 0 Å². The van der Waals surface area contributed by atoms with Gasteiger partial charge in [-0.1, -0.05) is 242 Å². The highest BCUT2D eigenvalue weighted by Gasteiger charge is 2.29. The molecule has 0 fully saturated rings. The standard InChI is InChI=1S/C82H85N3O3/c1-50(2)67-44-64(46-69(73(67)86-17)79(5,6)7)58-26-20-52(21-27-58)55-32-38-61(39-33-55)76-83-77(62-40-34-56(35-41-62)53-22-28-59(29-23-53)65-45-68(51(3)4)74(87-18)70(47-65)80(8,9)10)85-78(84-76)63-42-36-57(37-43-63)54-24-30-60(31-25-54)66-48-71(81(11,12)13)75(88-19)72(49-66)82(14,15)16/h20-49H,1,3H2,2,4-19H3. The number of hydrogen-bond donors (Lipinski definition) is 0. The smallest absolute Gasteiger partial charge is 0.164 e. The van der Waals surface area contributed by atoms with Gasteiger partial charge in [-0.15, -0.1) is 0 Å². The number of hydrogen-bond acceptors (Lipinski definition) is 6. The largest absolute Gasteiger partial charge is 0.496 e. The van der Waals surface area contributed by atoms with Crippen LogP contribution in [0.3, 0.4) is 0 Å². The van der Waals surface area contributed by atoms with E-state index in [4.69, 9.17) is 29.2 Å². The lowest BCUT2D eigenvalue weighted by molar-refractivity contribution is 0.381. The first-order valence-corrected chi connectivity index (χ1v) is 30.5. The molecule has 0 aliphatic heterocycles. The van der Waals surface area contributed by atoms with E-state index in [1.165, 1.54) is 16.7 Å². The van der Waals surface area contributed by atoms with Gasteiger partial charge in [-0.05, 0) is 150 Å². The molecule has 0 aliphatic rings. The van der Waals surface area contributed by atoms with Crippen LogP contribution in [0.4, 0.5) is 0 Å². The van der Waals surface area contributed by atoms with Crippen molar-refractivity contribution in [1.82, 2.24) is 15.0 Å². The Morgan fingerprint density at radius 1 is 0.261 bits per heavy atom. The van der Waals surface area contributed by atoms with E-state index in [1.54, 1.807) is 21.3 Å². The van der Waals surface area contributed by atoms with Crippen LogP contribution in [0.15, 0.2) is 195 Å². The van der Waals surface area contributed by atoms with E-state index in [0.717, 1.165) is 129 Å². The second kappa shape index (κ2) is 24.2. The number of aromatic nitrogens is 3. The molecule has 6 heteroatoms. The lowest BCUT2D eigenvalue weighted by Crippen LogP contribution is -2.19. The van der Waals surface area contributed by atoms with E-state index >= 15 is 0 Å². The van der Waals surface area contributed by atoms with Crippen LogP contribution in [0.25, 0.3) is 112 Å². The molecule has 0 radical (unpaired) electrons. The van der Waals surface area contributed by atoms with Crippen molar-refractivity contribution >= 4 is 11.1 Å². The van der Waals surface area contributed by atoms with Crippen molar-refractivity contribution in [2.45, 2.75) is 119 Å². The maximum Gasteiger partial charge on any atom is 0.164 e. The Hall–Kier alpha value is -9.13. The number of rotatable bonds is 14. The SMILES string of the molecule is C=C(C)c1cc(-c2ccc(-c3ccc(-c4nc(-c5ccc(-c6ccc(-c7cc(C(=C)C)c(OC)c(C(C)(C)C)c7)cc6)cc5)nc(-c5ccc(-c6ccc(-c7cc(C(C)(C)C)c(OC)c(C(C)(C)C)c7)cc6)cc5)n4)cc3)cc2)cc(C(C)(C)C)c1OC. The molecule has 0 atom stereocenters. The predicted octanol–water partition coefficient (Wildman–Crippen LogP) is 22.2. The molecule has 9 aromatic carbocycles. The van der Waals surface area contributed by atoms with Gasteiger partial charge in [0.05, 0.1) is 21.3 Å². The van der Waals surface area contributed by atoms with E-state index in [-0.39, 0.29) is 21.7 Å². The molecule has 6 nitrogen and oxygen atoms in total. The van der Waals surface area contributed by atoms with Crippen LogP contribution in [-0.4, -0.2) is 36.3 Å². The molecule has 0 bridgehead atoms. The Bertz CT molecular complexity index is 4000. The third-order valence-electron chi connectivity index (χ3n) is 16.8. The summed E-state index contributed by atoms with van der Waals surface area (Å²) < 4.78 is 18.0. The van der Waals surface area contributed by atoms with Crippen molar-refractivity contribution in [2.24, 2.45) is 0 Å². The fourth-order valence-electron chi connectivity index (χ4n) is 11.7. The summed E-state index contributed by atoms with van der Waals surface area (Å²) in [7, 11) is 5.28. The quantitative estimate of drug-likeness (QED) is 0.108. The van der Waals surface area contributed by atoms with E-state index in [1.807, 2.05) is 13.8 Å². The van der Waals surface area contributed by atoms with Crippen LogP contribution < -0.4 is 14.2 Å². The maximum atomic E-state index is 6.08. The molecule has 0 saturated heterocycles. The third-order valence-corrected chi connectivity index (χ3v) is 16.8. The number of methoxy groups -OCH3 is 3. The van der Waals surface area contributed by atoms with Crippen LogP contribution in [0.2, 0.25) is 0 Å². The average Bonchev–Trinajstić information content (AvgIpc) is 1.03. The number of ether oxygens (including phenoxy) is 3. The normalized spacial score (nSPS) is 12.0. The molecule has 0 unspecified atom stereocenters. The summed E-state index contributed by atoms with van der Waals surface area (Å²) in [6.45, 7) is 39.5. The Labute approximate surface area is 524 Å². The number of allylic oxidation sites excluding steroid dienone is 2. The van der Waals surface area contributed by atoms with Gasteiger partial charge in [0.2, 0.25) is 0 Å². The first-order valence-electron chi connectivity index (χ1n) is 30.5. The summed E-state index contributed by atoms with van der Waals surface area (Å²) in [6, 6.07) is 65.5. The molecule has 0 aliphatic carbocycles. The van der Waals surface area contributed by atoms with Crippen molar-refractivity contribution in [1.29, 1.82) is 0 Å². The van der Waals surface area contributed by atoms with Crippen molar-refractivity contribution in [3.05, 3.63) is 229 Å². The van der Waals surface area contributed by atoms with E-state index in [2.05, 4.69) is 278 Å². The first kappa shape index (κ1) is 61.9. The molecule has 10 aromatic rings. The summed E-state index contributed by atoms with van der Waals surface area (Å²) >= 11 is 0. The highest BCUT2D eigenvalue weighted by Crippen LogP contribution is 2.45. The average molecular weight is 1160 g/mol. The summed E-state index contributed by atoms with van der Waals surface area (Å²) in [5, 5.41) is 0. The lowest BCUT2D eigenvalue weighted by Gasteiger charge is -2.30. The Balaban J connectivity index is 0.973. The highest BCUT2D eigenvalue weighted by atomic mass is 16.5. The van der Waals surface area contributed by atoms with Crippen molar-refractivity contribution in [2.75, 3.05) is 21.3 Å². The van der Waals surface area contributed by atoms with Crippen LogP contribution in [0.1, 0.15) is 130 Å². The van der Waals surface area contributed by atoms with Gasteiger partial charge < -0.3 is 14.2 Å². The van der Waals surface area contributed by atoms with Gasteiger partial charge in [0.1, 0.15) is 17.2 Å². The molecule has 0 N–H and O–H groups in total. The minimum atomic E-state index is -0.118. The van der Waals surface area contributed by atoms with E-state index in [0.29, 0.717) is 17.5 Å². The third kappa shape index (κ3) is 12.9. The fraction of sp³-hybridized carbons (Fsp3) is 0.256. The van der Waals surface area contributed by atoms with Gasteiger partial charge in [-0.3, -0.25) is 0 Å². The van der Waals surface area contributed by atoms with Gasteiger partial charge in [0, 0.05) is 50.1 Å². The summed E-state index contributed by atoms with van der Waals surface area (Å²) in [5.41, 5.74) is 24.5. The Kier molecular flexibility index (Phi) is 17.0. The van der Waals surface area contributed by atoms with Crippen molar-refractivity contribution < 1.29 is 14.2 Å². The van der Waals surface area contributed by atoms with Crippen LogP contribution in [-0.2, 0) is 21.7 Å². The van der Waals surface area contributed by atoms with Gasteiger partial charge in [0.15, 0.2) is 17.5 Å². The number of nitrogens with zero attached hydrogens (tertiary/aromatic N) is 3. The summed E-state index contributed by atoms with van der Waals surface area (Å²) in [5.74, 6) is 4.53. The summed E-state index contributed by atoms with van der Waals surface area (Å²) in [4.78, 5) is 15.6. The molecule has 10 rings (SSSR count). The zero-order valence-corrected chi connectivity index (χ0v) is 54.8. The van der Waals surface area contributed by atoms with Gasteiger partial charge >= 0.3 is 0 Å². The Morgan fingerprint density at radius 3 is 0.614 bits per heavy atom. The first-order chi connectivity index (χ1) is 41.6. The Morgan fingerprint density at radius 2 is 0.432 bits per heavy atom. The van der Waals surface area contributed by atoms with E-state index in [9.17, 15) is 0 Å². The molecular weight excluding hydrogens is 1070 g/mol. The van der Waals surface area contributed by atoms with Gasteiger partial charge in [-0.2, -0.15) is 0 Å². The van der Waals surface area contributed by atoms with Crippen LogP contribution >= 0.6 is 0 Å². The minimum Gasteiger partial charge on any atom is -0.496 e. The van der Waals surface area contributed by atoms with Crippen molar-refractivity contribution in [3.63, 3.8) is 0 Å². The topological polar surface area (TPSA) is 66.4 Å². The zero-order valence-electron chi connectivity index (χ0n) is 54.8. The molecule has 0 spiro atoms. The maximum absolute atomic E-state index is 6.08. The molecule has 446 valence electrons. The van der Waals surface area contributed by atoms with Crippen molar-refractivity contribution in [3.8, 4) is 118 Å². The minimum absolute atomic E-state index is 0.0958. The second-order valence-corrected chi connectivity index (χ2v) is 27.6. The monoisotopic (exact) mass is 1160 g/mol. The molecular formula is C82H85N3O3. The van der Waals surface area contributed by atoms with Crippen LogP contribution in [0.5, 0.6) is 17.2 Å². The molecule has 88 heavy (non-hydrogen) atoms. The zero-order chi connectivity index (χ0) is 63.2. The molecule has 1 aromatic heterocycles. The molecule has 0 amide bonds. The van der Waals surface area contributed by atoms with E-state index < -0.39 is 0 Å².